The molecule has 1 unspecified atom stereocenters. The second-order valence-electron chi connectivity index (χ2n) is 7.31. The van der Waals surface area contributed by atoms with E-state index < -0.39 is 34.9 Å². The van der Waals surface area contributed by atoms with Gasteiger partial charge in [-0.1, -0.05) is 39.9 Å². The van der Waals surface area contributed by atoms with E-state index in [1.54, 1.807) is 0 Å². The van der Waals surface area contributed by atoms with E-state index in [-0.39, 0.29) is 32.0 Å². The van der Waals surface area contributed by atoms with Gasteiger partial charge in [-0.15, -0.1) is 34.4 Å². The Hall–Kier alpha value is -2.15. The minimum absolute atomic E-state index is 0.0286. The quantitative estimate of drug-likeness (QED) is 0.131. The molecule has 5 rings (SSSR count). The number of nitrogen functional groups attached to an aromatic ring is 1. The van der Waals surface area contributed by atoms with Gasteiger partial charge in [-0.05, 0) is 27.4 Å². The van der Waals surface area contributed by atoms with Crippen LogP contribution in [0.3, 0.4) is 0 Å². The fourth-order valence-electron chi connectivity index (χ4n) is 3.60. The van der Waals surface area contributed by atoms with Crippen LogP contribution in [-0.4, -0.2) is 60.9 Å². The monoisotopic (exact) mass is 679 g/mol. The first-order valence-electron chi connectivity index (χ1n) is 9.86. The number of rotatable bonds is 6. The van der Waals surface area contributed by atoms with Crippen LogP contribution in [0.5, 0.6) is 0 Å². The number of carbonyl (C=O) groups excluding carboxylic acids is 2. The van der Waals surface area contributed by atoms with Crippen molar-refractivity contribution in [3.8, 4) is 0 Å². The van der Waals surface area contributed by atoms with Gasteiger partial charge in [0.1, 0.15) is 27.1 Å². The molecule has 0 saturated carbocycles. The van der Waals surface area contributed by atoms with Gasteiger partial charge in [0.25, 0.3) is 11.8 Å². The summed E-state index contributed by atoms with van der Waals surface area (Å²) in [7, 11) is 0. The van der Waals surface area contributed by atoms with Gasteiger partial charge in [0.2, 0.25) is 5.43 Å². The highest BCUT2D eigenvalue weighted by molar-refractivity contribution is 9.10. The van der Waals surface area contributed by atoms with Crippen molar-refractivity contribution in [3.63, 3.8) is 0 Å². The zero-order chi connectivity index (χ0) is 26.6. The SMILES string of the molecule is Nc1nc(/C(=N\O)C(=O)NC2C(=O)N3C(C(=O)O)=C(Sc4sc5ccsc5c(=O)c4Br)CS[C@H]23)c(Cl)s1. The number of aromatic nitrogens is 1. The number of carboxylic acid groups (broad SMARTS) is 1. The summed E-state index contributed by atoms with van der Waals surface area (Å²) in [5.74, 6) is -2.67. The first-order chi connectivity index (χ1) is 17.6. The average molecular weight is 681 g/mol. The molecule has 1 fully saturated rings. The van der Waals surface area contributed by atoms with E-state index in [1.807, 2.05) is 11.4 Å². The topological polar surface area (TPSA) is 175 Å². The molecule has 2 aliphatic rings. The third kappa shape index (κ3) is 4.55. The number of amides is 2. The van der Waals surface area contributed by atoms with Gasteiger partial charge in [0.15, 0.2) is 10.8 Å². The molecule has 0 bridgehead atoms. The molecule has 0 aliphatic carbocycles. The lowest BCUT2D eigenvalue weighted by Gasteiger charge is -2.49. The number of nitrogens with one attached hydrogen (secondary N) is 1. The summed E-state index contributed by atoms with van der Waals surface area (Å²) in [4.78, 5) is 56.0. The lowest BCUT2D eigenvalue weighted by atomic mass is 10.0. The van der Waals surface area contributed by atoms with Crippen LogP contribution in [-0.2, 0) is 14.4 Å². The van der Waals surface area contributed by atoms with E-state index in [0.29, 0.717) is 18.3 Å². The minimum Gasteiger partial charge on any atom is -0.477 e. The molecular formula is C19H11BrClN5O6S5. The molecule has 18 heteroatoms. The van der Waals surface area contributed by atoms with E-state index >= 15 is 0 Å². The molecule has 2 amide bonds. The first-order valence-corrected chi connectivity index (χ1v) is 15.4. The largest absolute Gasteiger partial charge is 0.477 e. The molecule has 0 radical (unpaired) electrons. The van der Waals surface area contributed by atoms with E-state index in [4.69, 9.17) is 17.3 Å². The maximum absolute atomic E-state index is 13.0. The molecule has 11 nitrogen and oxygen atoms in total. The summed E-state index contributed by atoms with van der Waals surface area (Å²) in [5, 5.41) is 25.9. The molecule has 192 valence electrons. The lowest BCUT2D eigenvalue weighted by molar-refractivity contribution is -0.150. The number of thiophene rings is 1. The molecular weight excluding hydrogens is 670 g/mol. The standard InChI is InChI=1S/C19H11BrClN5O6S5/c20-6-11(27)12-4(1-2-33-12)35-18(6)36-5-3-34-16-9(15(29)26(16)10(5)17(30)31)23-14(28)8(25-32)7-13(21)37-19(22)24-7/h1-2,9,16,32H,3H2,(H2,22,24)(H,23,28)(H,30,31)/b25-8+/t9?,16-/m1/s1. The highest BCUT2D eigenvalue weighted by Crippen LogP contribution is 2.47. The number of aliphatic carboxylic acids is 1. The van der Waals surface area contributed by atoms with Crippen molar-refractivity contribution in [1.82, 2.24) is 15.2 Å². The van der Waals surface area contributed by atoms with Gasteiger partial charge in [-0.2, -0.15) is 0 Å². The van der Waals surface area contributed by atoms with Crippen molar-refractivity contribution < 1.29 is 24.7 Å². The third-order valence-corrected chi connectivity index (χ3v) is 12.5. The van der Waals surface area contributed by atoms with E-state index in [9.17, 15) is 29.5 Å². The molecule has 2 atom stereocenters. The summed E-state index contributed by atoms with van der Waals surface area (Å²) in [5.41, 5.74) is 4.51. The Morgan fingerprint density at radius 2 is 2.11 bits per heavy atom. The predicted octanol–water partition coefficient (Wildman–Crippen LogP) is 3.44. The molecule has 0 spiro atoms. The first kappa shape index (κ1) is 26.5. The summed E-state index contributed by atoms with van der Waals surface area (Å²) < 4.78 is 2.33. The number of oxime groups is 1. The van der Waals surface area contributed by atoms with Gasteiger partial charge < -0.3 is 21.4 Å². The Morgan fingerprint density at radius 3 is 2.76 bits per heavy atom. The number of hydrogen-bond acceptors (Lipinski definition) is 13. The fraction of sp³-hybridized carbons (Fsp3) is 0.158. The summed E-state index contributed by atoms with van der Waals surface area (Å²) in [6.07, 6.45) is 0. The maximum atomic E-state index is 13.0. The summed E-state index contributed by atoms with van der Waals surface area (Å²) in [6.45, 7) is 0. The van der Waals surface area contributed by atoms with E-state index in [2.05, 4.69) is 31.4 Å². The predicted molar refractivity (Wildman–Crippen MR) is 149 cm³/mol. The molecule has 37 heavy (non-hydrogen) atoms. The molecule has 0 aromatic carbocycles. The number of halogens is 2. The molecule has 1 saturated heterocycles. The normalized spacial score (nSPS) is 19.7. The molecule has 3 aromatic heterocycles. The average Bonchev–Trinajstić information content (AvgIpc) is 3.46. The van der Waals surface area contributed by atoms with Crippen LogP contribution in [0.4, 0.5) is 5.13 Å². The van der Waals surface area contributed by atoms with Gasteiger partial charge >= 0.3 is 5.97 Å². The van der Waals surface area contributed by atoms with Gasteiger partial charge in [-0.25, -0.2) is 9.78 Å². The van der Waals surface area contributed by atoms with Crippen LogP contribution < -0.4 is 16.5 Å². The van der Waals surface area contributed by atoms with Gasteiger partial charge in [-0.3, -0.25) is 19.3 Å². The highest BCUT2D eigenvalue weighted by Gasteiger charge is 2.54. The zero-order valence-electron chi connectivity index (χ0n) is 17.8. The lowest BCUT2D eigenvalue weighted by Crippen LogP contribution is -2.71. The van der Waals surface area contributed by atoms with Crippen LogP contribution in [0.1, 0.15) is 5.69 Å². The number of thiazole rings is 1. The number of thioether (sulfide) groups is 2. The molecule has 3 aromatic rings. The van der Waals surface area contributed by atoms with Crippen molar-refractivity contribution in [1.29, 1.82) is 0 Å². The smallest absolute Gasteiger partial charge is 0.353 e. The Labute approximate surface area is 240 Å². The van der Waals surface area contributed by atoms with Crippen molar-refractivity contribution in [3.05, 3.63) is 46.8 Å². The van der Waals surface area contributed by atoms with Crippen LogP contribution >= 0.6 is 85.1 Å². The second kappa shape index (κ2) is 10.2. The van der Waals surface area contributed by atoms with Crippen molar-refractivity contribution in [2.45, 2.75) is 15.6 Å². The number of β-lactam (4-membered cyclic amide) rings is 1. The maximum Gasteiger partial charge on any atom is 0.353 e. The van der Waals surface area contributed by atoms with Crippen molar-refractivity contribution in [2.75, 3.05) is 11.5 Å². The van der Waals surface area contributed by atoms with Gasteiger partial charge in [0, 0.05) is 10.7 Å². The number of anilines is 1. The van der Waals surface area contributed by atoms with Crippen molar-refractivity contribution >= 4 is 123 Å². The van der Waals surface area contributed by atoms with E-state index in [0.717, 1.165) is 32.7 Å². The molecule has 5 heterocycles. The minimum atomic E-state index is -1.31. The number of fused-ring (bicyclic) bond motifs is 2. The Kier molecular flexibility index (Phi) is 7.29. The molecule has 2 aliphatic heterocycles. The second-order valence-corrected chi connectivity index (χ2v) is 14.2. The Balaban J connectivity index is 1.40. The fourth-order valence-corrected chi connectivity index (χ4v) is 10.2. The van der Waals surface area contributed by atoms with E-state index in [1.165, 1.54) is 34.4 Å². The van der Waals surface area contributed by atoms with Crippen LogP contribution in [0.2, 0.25) is 4.34 Å². The zero-order valence-corrected chi connectivity index (χ0v) is 24.2. The summed E-state index contributed by atoms with van der Waals surface area (Å²) >= 11 is 15.3. The number of carbonyl (C=O) groups is 3. The molecule has 5 N–H and O–H groups in total. The van der Waals surface area contributed by atoms with Gasteiger partial charge in [0.05, 0.1) is 18.1 Å². The number of carboxylic acids is 1. The Morgan fingerprint density at radius 1 is 1.35 bits per heavy atom. The number of hydrogen-bond donors (Lipinski definition) is 4. The summed E-state index contributed by atoms with van der Waals surface area (Å²) in [6, 6.07) is 0.749. The highest BCUT2D eigenvalue weighted by atomic mass is 79.9. The number of nitrogens with two attached hydrogens (primary N) is 1. The Bertz CT molecular complexity index is 1620. The van der Waals surface area contributed by atoms with Crippen LogP contribution in [0, 0.1) is 0 Å². The number of nitrogens with zero attached hydrogens (tertiary/aromatic N) is 3. The van der Waals surface area contributed by atoms with Crippen LogP contribution in [0.15, 0.2) is 40.7 Å². The third-order valence-electron chi connectivity index (χ3n) is 5.20. The van der Waals surface area contributed by atoms with Crippen molar-refractivity contribution in [2.24, 2.45) is 5.16 Å². The van der Waals surface area contributed by atoms with Crippen LogP contribution in [0.25, 0.3) is 9.40 Å².